The minimum atomic E-state index is -0.154. The van der Waals surface area contributed by atoms with E-state index in [-0.39, 0.29) is 11.9 Å². The van der Waals surface area contributed by atoms with Gasteiger partial charge in [0.2, 0.25) is 5.91 Å². The molecule has 0 bridgehead atoms. The molecular formula is C12H16N2O2. The number of anilines is 1. The fourth-order valence-corrected chi connectivity index (χ4v) is 2.05. The number of hydrogen-bond donors (Lipinski definition) is 2. The lowest BCUT2D eigenvalue weighted by atomic mass is 9.96. The van der Waals surface area contributed by atoms with Crippen LogP contribution in [0.3, 0.4) is 0 Å². The summed E-state index contributed by atoms with van der Waals surface area (Å²) in [5.74, 6) is 0.732. The van der Waals surface area contributed by atoms with Gasteiger partial charge in [0, 0.05) is 0 Å². The largest absolute Gasteiger partial charge is 0.495 e. The molecule has 1 heterocycles. The van der Waals surface area contributed by atoms with Crippen molar-refractivity contribution < 1.29 is 9.53 Å². The summed E-state index contributed by atoms with van der Waals surface area (Å²) in [4.78, 5) is 11.7. The highest BCUT2D eigenvalue weighted by atomic mass is 16.5. The van der Waals surface area contributed by atoms with E-state index >= 15 is 0 Å². The first kappa shape index (κ1) is 11.0. The van der Waals surface area contributed by atoms with Crippen LogP contribution in [0.4, 0.5) is 5.69 Å². The molecular weight excluding hydrogens is 204 g/mol. The van der Waals surface area contributed by atoms with E-state index in [1.54, 1.807) is 14.2 Å². The molecule has 0 spiro atoms. The molecule has 1 aromatic carbocycles. The maximum absolute atomic E-state index is 11.7. The summed E-state index contributed by atoms with van der Waals surface area (Å²) in [6, 6.07) is 3.86. The molecule has 1 aliphatic rings. The molecule has 1 aliphatic heterocycles. The van der Waals surface area contributed by atoms with Gasteiger partial charge < -0.3 is 15.4 Å². The van der Waals surface area contributed by atoms with Crippen LogP contribution < -0.4 is 15.4 Å². The van der Waals surface area contributed by atoms with Gasteiger partial charge in [-0.05, 0) is 37.6 Å². The van der Waals surface area contributed by atoms with Crippen molar-refractivity contribution in [2.75, 3.05) is 19.5 Å². The molecule has 1 atom stereocenters. The highest BCUT2D eigenvalue weighted by Gasteiger charge is 2.26. The number of rotatable bonds is 2. The lowest BCUT2D eigenvalue weighted by molar-refractivity contribution is -0.118. The van der Waals surface area contributed by atoms with Crippen molar-refractivity contribution in [3.05, 3.63) is 23.3 Å². The van der Waals surface area contributed by atoms with E-state index in [0.29, 0.717) is 6.42 Å². The number of benzene rings is 1. The van der Waals surface area contributed by atoms with Crippen molar-refractivity contribution in [2.45, 2.75) is 19.4 Å². The number of aryl methyl sites for hydroxylation is 1. The number of likely N-dealkylation sites (N-methyl/N-ethyl adjacent to an activating group) is 1. The molecule has 1 amide bonds. The van der Waals surface area contributed by atoms with Gasteiger partial charge in [0.25, 0.3) is 0 Å². The molecule has 16 heavy (non-hydrogen) atoms. The zero-order chi connectivity index (χ0) is 11.7. The van der Waals surface area contributed by atoms with Crippen molar-refractivity contribution in [3.63, 3.8) is 0 Å². The van der Waals surface area contributed by atoms with Gasteiger partial charge in [-0.3, -0.25) is 4.79 Å². The number of ether oxygens (including phenoxy) is 1. The summed E-state index contributed by atoms with van der Waals surface area (Å²) in [7, 11) is 3.41. The minimum absolute atomic E-state index is 0.00264. The number of carbonyl (C=O) groups is 1. The molecule has 0 aliphatic carbocycles. The van der Waals surface area contributed by atoms with Crippen molar-refractivity contribution in [2.24, 2.45) is 0 Å². The Bertz CT molecular complexity index is 429. The number of hydrogen-bond acceptors (Lipinski definition) is 3. The van der Waals surface area contributed by atoms with E-state index in [0.717, 1.165) is 22.6 Å². The second kappa shape index (κ2) is 4.14. The van der Waals surface area contributed by atoms with Gasteiger partial charge in [0.15, 0.2) is 0 Å². The van der Waals surface area contributed by atoms with E-state index in [1.165, 1.54) is 0 Å². The Morgan fingerprint density at radius 3 is 2.88 bits per heavy atom. The third kappa shape index (κ3) is 1.76. The maximum atomic E-state index is 11.7. The van der Waals surface area contributed by atoms with Gasteiger partial charge in [0.1, 0.15) is 5.75 Å². The van der Waals surface area contributed by atoms with E-state index < -0.39 is 0 Å². The molecule has 0 fully saturated rings. The van der Waals surface area contributed by atoms with Crippen LogP contribution in [0.1, 0.15) is 11.1 Å². The zero-order valence-electron chi connectivity index (χ0n) is 9.76. The Kier molecular flexibility index (Phi) is 2.83. The van der Waals surface area contributed by atoms with Crippen LogP contribution in [0.2, 0.25) is 0 Å². The van der Waals surface area contributed by atoms with Crippen LogP contribution in [-0.4, -0.2) is 26.1 Å². The van der Waals surface area contributed by atoms with Gasteiger partial charge in [0.05, 0.1) is 18.8 Å². The molecule has 2 rings (SSSR count). The first-order chi connectivity index (χ1) is 7.65. The molecule has 1 unspecified atom stereocenters. The van der Waals surface area contributed by atoms with E-state index in [2.05, 4.69) is 16.7 Å². The van der Waals surface area contributed by atoms with Gasteiger partial charge in [-0.1, -0.05) is 6.07 Å². The van der Waals surface area contributed by atoms with E-state index in [1.807, 2.05) is 13.0 Å². The van der Waals surface area contributed by atoms with Crippen LogP contribution in [0.15, 0.2) is 12.1 Å². The maximum Gasteiger partial charge on any atom is 0.241 e. The Hall–Kier alpha value is -1.55. The van der Waals surface area contributed by atoms with Crippen LogP contribution in [0.5, 0.6) is 5.75 Å². The second-order valence-corrected chi connectivity index (χ2v) is 4.04. The number of methoxy groups -OCH3 is 1. The SMILES string of the molecule is CNC1Cc2cc(C)cc(OC)c2NC1=O. The van der Waals surface area contributed by atoms with Crippen molar-refractivity contribution in [3.8, 4) is 5.75 Å². The number of nitrogens with one attached hydrogen (secondary N) is 2. The second-order valence-electron chi connectivity index (χ2n) is 4.04. The first-order valence-corrected chi connectivity index (χ1v) is 5.31. The summed E-state index contributed by atoms with van der Waals surface area (Å²) in [5, 5.41) is 5.88. The third-order valence-electron chi connectivity index (χ3n) is 2.89. The predicted octanol–water partition coefficient (Wildman–Crippen LogP) is 1.09. The monoisotopic (exact) mass is 220 g/mol. The molecule has 0 saturated carbocycles. The molecule has 0 radical (unpaired) electrons. The fourth-order valence-electron chi connectivity index (χ4n) is 2.05. The van der Waals surface area contributed by atoms with Crippen molar-refractivity contribution >= 4 is 11.6 Å². The summed E-state index contributed by atoms with van der Waals surface area (Å²) in [5.41, 5.74) is 3.07. The molecule has 0 aromatic heterocycles. The average Bonchev–Trinajstić information content (AvgIpc) is 2.28. The topological polar surface area (TPSA) is 50.4 Å². The fraction of sp³-hybridized carbons (Fsp3) is 0.417. The molecule has 86 valence electrons. The predicted molar refractivity (Wildman–Crippen MR) is 62.9 cm³/mol. The van der Waals surface area contributed by atoms with E-state index in [9.17, 15) is 4.79 Å². The van der Waals surface area contributed by atoms with Gasteiger partial charge in [-0.2, -0.15) is 0 Å². The highest BCUT2D eigenvalue weighted by molar-refractivity contribution is 5.99. The van der Waals surface area contributed by atoms with Crippen LogP contribution in [-0.2, 0) is 11.2 Å². The van der Waals surface area contributed by atoms with Gasteiger partial charge >= 0.3 is 0 Å². The zero-order valence-corrected chi connectivity index (χ0v) is 9.76. The van der Waals surface area contributed by atoms with Crippen molar-refractivity contribution in [1.82, 2.24) is 5.32 Å². The summed E-state index contributed by atoms with van der Waals surface area (Å²) >= 11 is 0. The molecule has 1 aromatic rings. The molecule has 4 heteroatoms. The lowest BCUT2D eigenvalue weighted by Gasteiger charge is -2.26. The number of amides is 1. The number of fused-ring (bicyclic) bond motifs is 1. The smallest absolute Gasteiger partial charge is 0.241 e. The highest BCUT2D eigenvalue weighted by Crippen LogP contribution is 2.33. The third-order valence-corrected chi connectivity index (χ3v) is 2.89. The van der Waals surface area contributed by atoms with Gasteiger partial charge in [-0.15, -0.1) is 0 Å². The molecule has 2 N–H and O–H groups in total. The van der Waals surface area contributed by atoms with Crippen LogP contribution in [0, 0.1) is 6.92 Å². The Morgan fingerprint density at radius 2 is 2.25 bits per heavy atom. The quantitative estimate of drug-likeness (QED) is 0.784. The normalized spacial score (nSPS) is 18.9. The summed E-state index contributed by atoms with van der Waals surface area (Å²) < 4.78 is 5.28. The first-order valence-electron chi connectivity index (χ1n) is 5.31. The molecule has 0 saturated heterocycles. The lowest BCUT2D eigenvalue weighted by Crippen LogP contribution is -2.43. The average molecular weight is 220 g/mol. The standard InChI is InChI=1S/C12H16N2O2/c1-7-4-8-6-9(13-2)12(15)14-11(8)10(5-7)16-3/h4-5,9,13H,6H2,1-3H3,(H,14,15). The van der Waals surface area contributed by atoms with Crippen LogP contribution >= 0.6 is 0 Å². The van der Waals surface area contributed by atoms with Gasteiger partial charge in [-0.25, -0.2) is 0 Å². The van der Waals surface area contributed by atoms with Crippen LogP contribution in [0.25, 0.3) is 0 Å². The number of carbonyl (C=O) groups excluding carboxylic acids is 1. The summed E-state index contributed by atoms with van der Waals surface area (Å²) in [6.07, 6.45) is 0.704. The Labute approximate surface area is 95.0 Å². The Balaban J connectivity index is 2.45. The van der Waals surface area contributed by atoms with E-state index in [4.69, 9.17) is 4.74 Å². The van der Waals surface area contributed by atoms with Crippen molar-refractivity contribution in [1.29, 1.82) is 0 Å². The Morgan fingerprint density at radius 1 is 1.50 bits per heavy atom. The molecule has 4 nitrogen and oxygen atoms in total. The minimum Gasteiger partial charge on any atom is -0.495 e. The summed E-state index contributed by atoms with van der Waals surface area (Å²) in [6.45, 7) is 2.02.